The van der Waals surface area contributed by atoms with Crippen LogP contribution in [0.3, 0.4) is 0 Å². The number of thiophene rings is 1. The SMILES string of the molecule is CC(C)(C)c1ccc(-c2ccccc2)c(-c2sc(-c3ccccc3-c3ccccc3)c3ccccc23)c1. The van der Waals surface area contributed by atoms with E-state index in [4.69, 9.17) is 0 Å². The molecule has 0 fully saturated rings. The van der Waals surface area contributed by atoms with Crippen LogP contribution in [0.5, 0.6) is 0 Å². The molecule has 5 aromatic carbocycles. The van der Waals surface area contributed by atoms with Gasteiger partial charge in [-0.15, -0.1) is 11.3 Å². The lowest BCUT2D eigenvalue weighted by atomic mass is 9.84. The molecule has 1 aromatic heterocycles. The van der Waals surface area contributed by atoms with Gasteiger partial charge in [0.25, 0.3) is 0 Å². The van der Waals surface area contributed by atoms with Crippen LogP contribution < -0.4 is 0 Å². The molecule has 0 amide bonds. The van der Waals surface area contributed by atoms with Gasteiger partial charge in [-0.1, -0.05) is 142 Å². The van der Waals surface area contributed by atoms with E-state index >= 15 is 0 Å². The summed E-state index contributed by atoms with van der Waals surface area (Å²) in [5.41, 5.74) is 9.07. The van der Waals surface area contributed by atoms with Gasteiger partial charge in [-0.25, -0.2) is 0 Å². The molecule has 6 rings (SSSR count). The van der Waals surface area contributed by atoms with Gasteiger partial charge < -0.3 is 0 Å². The maximum Gasteiger partial charge on any atom is 0.0434 e. The number of hydrogen-bond donors (Lipinski definition) is 0. The average molecular weight is 495 g/mol. The second-order valence-corrected chi connectivity index (χ2v) is 11.6. The van der Waals surface area contributed by atoms with Crippen molar-refractivity contribution >= 4 is 22.1 Å². The summed E-state index contributed by atoms with van der Waals surface area (Å²) in [5.74, 6) is 0. The zero-order valence-electron chi connectivity index (χ0n) is 21.5. The van der Waals surface area contributed by atoms with Crippen LogP contribution in [0, 0.1) is 0 Å². The van der Waals surface area contributed by atoms with Crippen molar-refractivity contribution in [2.24, 2.45) is 0 Å². The smallest absolute Gasteiger partial charge is 0.0434 e. The van der Waals surface area contributed by atoms with Gasteiger partial charge >= 0.3 is 0 Å². The highest BCUT2D eigenvalue weighted by Crippen LogP contribution is 2.49. The molecule has 0 N–H and O–H groups in total. The molecule has 1 heteroatoms. The number of hydrogen-bond acceptors (Lipinski definition) is 1. The summed E-state index contributed by atoms with van der Waals surface area (Å²) in [6.07, 6.45) is 0. The average Bonchev–Trinajstić information content (AvgIpc) is 3.33. The van der Waals surface area contributed by atoms with Crippen molar-refractivity contribution in [3.8, 4) is 43.1 Å². The van der Waals surface area contributed by atoms with Gasteiger partial charge in [0.15, 0.2) is 0 Å². The second-order valence-electron chi connectivity index (χ2n) is 10.6. The third-order valence-corrected chi connectivity index (χ3v) is 8.38. The molecular formula is C36H30S. The molecule has 0 aliphatic rings. The minimum Gasteiger partial charge on any atom is -0.134 e. The predicted octanol–water partition coefficient (Wildman–Crippen LogP) is 10.9. The lowest BCUT2D eigenvalue weighted by molar-refractivity contribution is 0.590. The Kier molecular flexibility index (Phi) is 6.02. The third-order valence-electron chi connectivity index (χ3n) is 7.09. The van der Waals surface area contributed by atoms with Gasteiger partial charge in [0.1, 0.15) is 0 Å². The van der Waals surface area contributed by atoms with E-state index in [-0.39, 0.29) is 5.41 Å². The van der Waals surface area contributed by atoms with Crippen LogP contribution in [-0.4, -0.2) is 0 Å². The quantitative estimate of drug-likeness (QED) is 0.229. The molecule has 1 heterocycles. The van der Waals surface area contributed by atoms with E-state index in [1.165, 1.54) is 59.5 Å². The van der Waals surface area contributed by atoms with Gasteiger partial charge in [-0.2, -0.15) is 0 Å². The summed E-state index contributed by atoms with van der Waals surface area (Å²) in [7, 11) is 0. The third kappa shape index (κ3) is 4.41. The Morgan fingerprint density at radius 2 is 0.892 bits per heavy atom. The first-order valence-electron chi connectivity index (χ1n) is 12.9. The fourth-order valence-corrected chi connectivity index (χ4v) is 6.46. The van der Waals surface area contributed by atoms with Crippen LogP contribution in [0.15, 0.2) is 127 Å². The molecule has 0 nitrogen and oxygen atoms in total. The molecule has 6 aromatic rings. The summed E-state index contributed by atoms with van der Waals surface area (Å²) in [5, 5.41) is 2.62. The minimum absolute atomic E-state index is 0.0692. The molecule has 0 aliphatic carbocycles. The molecule has 0 radical (unpaired) electrons. The van der Waals surface area contributed by atoms with Crippen LogP contribution in [-0.2, 0) is 5.41 Å². The van der Waals surface area contributed by atoms with Crippen LogP contribution >= 0.6 is 11.3 Å². The minimum atomic E-state index is 0.0692. The summed E-state index contributed by atoms with van der Waals surface area (Å²) in [6, 6.07) is 46.3. The first-order valence-corrected chi connectivity index (χ1v) is 13.7. The summed E-state index contributed by atoms with van der Waals surface area (Å²) < 4.78 is 0. The molecule has 180 valence electrons. The maximum atomic E-state index is 2.42. The Hall–Kier alpha value is -3.94. The number of fused-ring (bicyclic) bond motifs is 1. The van der Waals surface area contributed by atoms with Gasteiger partial charge in [0.05, 0.1) is 0 Å². The first kappa shape index (κ1) is 23.5. The number of benzene rings is 5. The fraction of sp³-hybridized carbons (Fsp3) is 0.111. The van der Waals surface area contributed by atoms with Crippen molar-refractivity contribution in [3.05, 3.63) is 133 Å². The molecule has 0 aliphatic heterocycles. The van der Waals surface area contributed by atoms with Crippen molar-refractivity contribution in [2.75, 3.05) is 0 Å². The summed E-state index contributed by atoms with van der Waals surface area (Å²) >= 11 is 1.92. The highest BCUT2D eigenvalue weighted by Gasteiger charge is 2.22. The highest BCUT2D eigenvalue weighted by atomic mass is 32.1. The van der Waals surface area contributed by atoms with E-state index < -0.39 is 0 Å². The zero-order chi connectivity index (χ0) is 25.4. The summed E-state index contributed by atoms with van der Waals surface area (Å²) in [4.78, 5) is 2.66. The predicted molar refractivity (Wildman–Crippen MR) is 162 cm³/mol. The Balaban J connectivity index is 1.64. The normalized spacial score (nSPS) is 11.6. The highest BCUT2D eigenvalue weighted by molar-refractivity contribution is 7.21. The van der Waals surface area contributed by atoms with Gasteiger partial charge in [-0.3, -0.25) is 0 Å². The van der Waals surface area contributed by atoms with Gasteiger partial charge in [0, 0.05) is 31.7 Å². The Labute approximate surface area is 223 Å². The number of rotatable bonds is 4. The van der Waals surface area contributed by atoms with E-state index in [9.17, 15) is 0 Å². The topological polar surface area (TPSA) is 0 Å². The zero-order valence-corrected chi connectivity index (χ0v) is 22.3. The van der Waals surface area contributed by atoms with Crippen molar-refractivity contribution in [1.82, 2.24) is 0 Å². The lowest BCUT2D eigenvalue weighted by Gasteiger charge is -2.21. The van der Waals surface area contributed by atoms with Crippen LogP contribution in [0.25, 0.3) is 53.9 Å². The Morgan fingerprint density at radius 3 is 1.46 bits per heavy atom. The molecule has 0 unspecified atom stereocenters. The monoisotopic (exact) mass is 494 g/mol. The molecule has 0 atom stereocenters. The van der Waals surface area contributed by atoms with Crippen molar-refractivity contribution in [3.63, 3.8) is 0 Å². The second kappa shape index (κ2) is 9.50. The molecule has 0 bridgehead atoms. The van der Waals surface area contributed by atoms with Crippen LogP contribution in [0.4, 0.5) is 0 Å². The van der Waals surface area contributed by atoms with Crippen LogP contribution in [0.2, 0.25) is 0 Å². The Bertz CT molecular complexity index is 1680. The largest absolute Gasteiger partial charge is 0.134 e. The standard InChI is InChI=1S/C36H30S/c1-36(2,3)27-22-23-29(26-16-8-5-9-17-26)33(24-27)35-32-21-13-12-20-31(32)34(37-35)30-19-11-10-18-28(30)25-14-6-4-7-15-25/h4-24H,1-3H3. The lowest BCUT2D eigenvalue weighted by Crippen LogP contribution is -2.11. The van der Waals surface area contributed by atoms with Gasteiger partial charge in [-0.05, 0) is 39.3 Å². The molecule has 0 saturated heterocycles. The van der Waals surface area contributed by atoms with Crippen LogP contribution in [0.1, 0.15) is 26.3 Å². The Morgan fingerprint density at radius 1 is 0.432 bits per heavy atom. The van der Waals surface area contributed by atoms with E-state index in [0.717, 1.165) is 0 Å². The molecule has 0 spiro atoms. The molecule has 0 saturated carbocycles. The van der Waals surface area contributed by atoms with Crippen molar-refractivity contribution in [1.29, 1.82) is 0 Å². The fourth-order valence-electron chi connectivity index (χ4n) is 5.11. The summed E-state index contributed by atoms with van der Waals surface area (Å²) in [6.45, 7) is 6.88. The molecular weight excluding hydrogens is 464 g/mol. The molecule has 37 heavy (non-hydrogen) atoms. The van der Waals surface area contributed by atoms with Crippen molar-refractivity contribution in [2.45, 2.75) is 26.2 Å². The van der Waals surface area contributed by atoms with E-state index in [1.54, 1.807) is 0 Å². The van der Waals surface area contributed by atoms with E-state index in [2.05, 4.69) is 148 Å². The van der Waals surface area contributed by atoms with E-state index in [1.807, 2.05) is 11.3 Å². The maximum absolute atomic E-state index is 2.42. The van der Waals surface area contributed by atoms with Gasteiger partial charge in [0.2, 0.25) is 0 Å². The van der Waals surface area contributed by atoms with Crippen molar-refractivity contribution < 1.29 is 0 Å². The first-order chi connectivity index (χ1) is 18.0. The van der Waals surface area contributed by atoms with E-state index in [0.29, 0.717) is 0 Å².